The molecule has 0 spiro atoms. The predicted octanol–water partition coefficient (Wildman–Crippen LogP) is 3.45. The Kier molecular flexibility index (Phi) is 2.66. The van der Waals surface area contributed by atoms with E-state index in [0.717, 1.165) is 13.0 Å². The number of nitrogens with one attached hydrogen (secondary N) is 1. The Bertz CT molecular complexity index is 617. The second-order valence-electron chi connectivity index (χ2n) is 6.30. The molecule has 0 saturated heterocycles. The highest BCUT2D eigenvalue weighted by atomic mass is 15.3. The van der Waals surface area contributed by atoms with Gasteiger partial charge in [0.1, 0.15) is 5.82 Å². The predicted molar refractivity (Wildman–Crippen MR) is 79.2 cm³/mol. The lowest BCUT2D eigenvalue weighted by Crippen LogP contribution is -2.15. The first-order chi connectivity index (χ1) is 8.98. The molecule has 0 saturated carbocycles. The highest BCUT2D eigenvalue weighted by molar-refractivity contribution is 5.59. The molecule has 0 amide bonds. The molecule has 2 aromatic rings. The van der Waals surface area contributed by atoms with Crippen molar-refractivity contribution in [1.29, 1.82) is 0 Å². The first-order valence-corrected chi connectivity index (χ1v) is 6.91. The molecule has 100 valence electrons. The van der Waals surface area contributed by atoms with Crippen LogP contribution in [0.4, 0.5) is 5.82 Å². The number of aromatic nitrogens is 2. The second kappa shape index (κ2) is 4.12. The van der Waals surface area contributed by atoms with E-state index in [2.05, 4.69) is 62.0 Å². The summed E-state index contributed by atoms with van der Waals surface area (Å²) in [5.41, 5.74) is 5.11. The zero-order chi connectivity index (χ0) is 13.6. The fraction of sp³-hybridized carbons (Fsp3) is 0.438. The van der Waals surface area contributed by atoms with Crippen molar-refractivity contribution in [1.82, 2.24) is 9.78 Å². The summed E-state index contributed by atoms with van der Waals surface area (Å²) in [4.78, 5) is 0. The number of hydrogen-bond acceptors (Lipinski definition) is 2. The topological polar surface area (TPSA) is 29.9 Å². The zero-order valence-corrected chi connectivity index (χ0v) is 12.1. The minimum Gasteiger partial charge on any atom is -0.369 e. The molecular weight excluding hydrogens is 234 g/mol. The lowest BCUT2D eigenvalue weighted by Gasteiger charge is -2.16. The van der Waals surface area contributed by atoms with Crippen molar-refractivity contribution in [2.24, 2.45) is 0 Å². The molecule has 19 heavy (non-hydrogen) atoms. The number of nitrogens with zero attached hydrogens (tertiary/aromatic N) is 2. The van der Waals surface area contributed by atoms with Gasteiger partial charge in [0, 0.05) is 17.5 Å². The molecule has 0 radical (unpaired) electrons. The number of benzene rings is 1. The normalized spacial score (nSPS) is 14.3. The summed E-state index contributed by atoms with van der Waals surface area (Å²) in [6, 6.07) is 8.41. The minimum atomic E-state index is 0.0873. The molecule has 0 fully saturated rings. The molecule has 3 heteroatoms. The lowest BCUT2D eigenvalue weighted by molar-refractivity contribution is 0.554. The van der Waals surface area contributed by atoms with E-state index in [1.807, 2.05) is 0 Å². The summed E-state index contributed by atoms with van der Waals surface area (Å²) >= 11 is 0. The van der Waals surface area contributed by atoms with Crippen molar-refractivity contribution in [2.45, 2.75) is 39.5 Å². The molecule has 1 N–H and O–H groups in total. The quantitative estimate of drug-likeness (QED) is 0.846. The van der Waals surface area contributed by atoms with E-state index in [1.54, 1.807) is 0 Å². The maximum absolute atomic E-state index is 4.89. The van der Waals surface area contributed by atoms with Crippen LogP contribution in [0.2, 0.25) is 0 Å². The van der Waals surface area contributed by atoms with Gasteiger partial charge < -0.3 is 5.32 Å². The van der Waals surface area contributed by atoms with Crippen LogP contribution in [-0.4, -0.2) is 16.3 Å². The molecular formula is C16H21N3. The first kappa shape index (κ1) is 12.3. The third-order valence-electron chi connectivity index (χ3n) is 3.70. The van der Waals surface area contributed by atoms with E-state index in [-0.39, 0.29) is 5.41 Å². The van der Waals surface area contributed by atoms with Crippen molar-refractivity contribution in [3.05, 3.63) is 41.1 Å². The van der Waals surface area contributed by atoms with Gasteiger partial charge in [-0.25, -0.2) is 4.68 Å². The Balaban J connectivity index is 2.22. The Morgan fingerprint density at radius 3 is 2.63 bits per heavy atom. The van der Waals surface area contributed by atoms with Crippen LogP contribution in [0.15, 0.2) is 24.3 Å². The summed E-state index contributed by atoms with van der Waals surface area (Å²) in [5.74, 6) is 1.18. The van der Waals surface area contributed by atoms with Crippen LogP contribution in [0.25, 0.3) is 5.69 Å². The van der Waals surface area contributed by atoms with Crippen LogP contribution in [0.1, 0.15) is 37.6 Å². The summed E-state index contributed by atoms with van der Waals surface area (Å²) in [6.07, 6.45) is 1.08. The highest BCUT2D eigenvalue weighted by Crippen LogP contribution is 2.35. The van der Waals surface area contributed by atoms with Crippen LogP contribution >= 0.6 is 0 Å². The number of aryl methyl sites for hydroxylation is 1. The molecule has 0 bridgehead atoms. The molecule has 0 unspecified atom stereocenters. The van der Waals surface area contributed by atoms with E-state index in [4.69, 9.17) is 5.10 Å². The monoisotopic (exact) mass is 255 g/mol. The average molecular weight is 255 g/mol. The van der Waals surface area contributed by atoms with Gasteiger partial charge in [-0.3, -0.25) is 0 Å². The van der Waals surface area contributed by atoms with Gasteiger partial charge >= 0.3 is 0 Å². The molecule has 0 atom stereocenters. The van der Waals surface area contributed by atoms with Crippen LogP contribution in [-0.2, 0) is 11.8 Å². The summed E-state index contributed by atoms with van der Waals surface area (Å²) < 4.78 is 2.08. The van der Waals surface area contributed by atoms with Crippen molar-refractivity contribution >= 4 is 5.82 Å². The summed E-state index contributed by atoms with van der Waals surface area (Å²) in [7, 11) is 0. The van der Waals surface area contributed by atoms with Crippen LogP contribution in [0.5, 0.6) is 0 Å². The Morgan fingerprint density at radius 1 is 1.21 bits per heavy atom. The van der Waals surface area contributed by atoms with Crippen molar-refractivity contribution in [2.75, 3.05) is 11.9 Å². The van der Waals surface area contributed by atoms with Gasteiger partial charge in [-0.1, -0.05) is 39.0 Å². The summed E-state index contributed by atoms with van der Waals surface area (Å²) in [6.45, 7) is 9.85. The van der Waals surface area contributed by atoms with E-state index < -0.39 is 0 Å². The Morgan fingerprint density at radius 2 is 1.95 bits per heavy atom. The zero-order valence-electron chi connectivity index (χ0n) is 12.1. The van der Waals surface area contributed by atoms with Crippen LogP contribution < -0.4 is 5.32 Å². The Hall–Kier alpha value is -1.77. The first-order valence-electron chi connectivity index (χ1n) is 6.91. The number of para-hydroxylation sites is 1. The van der Waals surface area contributed by atoms with Crippen molar-refractivity contribution in [3.63, 3.8) is 0 Å². The van der Waals surface area contributed by atoms with E-state index in [1.165, 1.54) is 28.3 Å². The highest BCUT2D eigenvalue weighted by Gasteiger charge is 2.29. The van der Waals surface area contributed by atoms with Crippen LogP contribution in [0, 0.1) is 6.92 Å². The third-order valence-corrected chi connectivity index (χ3v) is 3.70. The van der Waals surface area contributed by atoms with Crippen LogP contribution in [0.3, 0.4) is 0 Å². The standard InChI is InChI=1S/C16H21N3/c1-11-7-5-6-8-13(11)19-15-12(9-10-17-15)14(18-19)16(2,3)4/h5-8,17H,9-10H2,1-4H3. The molecule has 3 rings (SSSR count). The van der Waals surface area contributed by atoms with E-state index in [0.29, 0.717) is 0 Å². The molecule has 1 aromatic heterocycles. The maximum Gasteiger partial charge on any atom is 0.133 e. The molecule has 1 aliphatic heterocycles. The lowest BCUT2D eigenvalue weighted by atomic mass is 9.89. The SMILES string of the molecule is Cc1ccccc1-n1nc(C(C)(C)C)c2c1NCC2. The van der Waals surface area contributed by atoms with Gasteiger partial charge in [0.15, 0.2) is 0 Å². The number of hydrogen-bond donors (Lipinski definition) is 1. The van der Waals surface area contributed by atoms with E-state index >= 15 is 0 Å². The fourth-order valence-corrected chi connectivity index (χ4v) is 2.75. The fourth-order valence-electron chi connectivity index (χ4n) is 2.75. The largest absolute Gasteiger partial charge is 0.369 e. The molecule has 0 aliphatic carbocycles. The smallest absolute Gasteiger partial charge is 0.133 e. The maximum atomic E-state index is 4.89. The molecule has 1 aliphatic rings. The number of rotatable bonds is 1. The molecule has 1 aromatic carbocycles. The Labute approximate surface area is 114 Å². The van der Waals surface area contributed by atoms with Gasteiger partial charge in [0.2, 0.25) is 0 Å². The molecule has 2 heterocycles. The second-order valence-corrected chi connectivity index (χ2v) is 6.30. The minimum absolute atomic E-state index is 0.0873. The number of anilines is 1. The average Bonchev–Trinajstić information content (AvgIpc) is 2.89. The van der Waals surface area contributed by atoms with Crippen molar-refractivity contribution in [3.8, 4) is 5.69 Å². The van der Waals surface area contributed by atoms with Gasteiger partial charge in [-0.15, -0.1) is 0 Å². The van der Waals surface area contributed by atoms with Crippen molar-refractivity contribution < 1.29 is 0 Å². The van der Waals surface area contributed by atoms with E-state index in [9.17, 15) is 0 Å². The molecule has 3 nitrogen and oxygen atoms in total. The van der Waals surface area contributed by atoms with Gasteiger partial charge in [0.05, 0.1) is 11.4 Å². The summed E-state index contributed by atoms with van der Waals surface area (Å²) in [5, 5.41) is 8.38. The van der Waals surface area contributed by atoms with Gasteiger partial charge in [0.25, 0.3) is 0 Å². The third kappa shape index (κ3) is 1.93. The number of fused-ring (bicyclic) bond motifs is 1. The van der Waals surface area contributed by atoms with Gasteiger partial charge in [-0.05, 0) is 25.0 Å². The van der Waals surface area contributed by atoms with Gasteiger partial charge in [-0.2, -0.15) is 5.10 Å².